The molecular weight excluding hydrogens is 348 g/mol. The number of carbonyl (C=O) groups is 1. The lowest BCUT2D eigenvalue weighted by molar-refractivity contribution is 0.0785. The largest absolute Gasteiger partial charge is 0.337 e. The number of amides is 1. The Bertz CT molecular complexity index is 700. The minimum atomic E-state index is 0.00963. The van der Waals surface area contributed by atoms with E-state index in [1.807, 2.05) is 35.7 Å². The van der Waals surface area contributed by atoms with Crippen LogP contribution in [0.15, 0.2) is 39.5 Å². The number of hydrogen-bond donors (Lipinski definition) is 1. The second kappa shape index (κ2) is 7.41. The van der Waals surface area contributed by atoms with Crippen LogP contribution in [0.4, 0.5) is 0 Å². The van der Waals surface area contributed by atoms with E-state index in [1.165, 1.54) is 11.3 Å². The smallest absolute Gasteiger partial charge is 0.254 e. The van der Waals surface area contributed by atoms with Gasteiger partial charge in [-0.3, -0.25) is 4.79 Å². The molecule has 5 heteroatoms. The third-order valence-electron chi connectivity index (χ3n) is 2.84. The molecule has 3 nitrogen and oxygen atoms in total. The summed E-state index contributed by atoms with van der Waals surface area (Å²) in [6, 6.07) is 9.68. The predicted octanol–water partition coefficient (Wildman–Crippen LogP) is 3.09. The van der Waals surface area contributed by atoms with Crippen molar-refractivity contribution in [3.05, 3.63) is 56.2 Å². The fraction of sp³-hybridized carbons (Fsp3) is 0.188. The predicted molar refractivity (Wildman–Crippen MR) is 90.2 cm³/mol. The molecule has 0 aliphatic rings. The van der Waals surface area contributed by atoms with E-state index >= 15 is 0 Å². The molecule has 0 atom stereocenters. The summed E-state index contributed by atoms with van der Waals surface area (Å²) in [6.07, 6.45) is 0. The molecule has 0 aliphatic heterocycles. The van der Waals surface area contributed by atoms with Crippen LogP contribution in [0.2, 0.25) is 0 Å². The molecule has 0 saturated carbocycles. The molecule has 2 aromatic rings. The monoisotopic (exact) mass is 362 g/mol. The third kappa shape index (κ3) is 4.43. The lowest BCUT2D eigenvalue weighted by atomic mass is 10.1. The highest BCUT2D eigenvalue weighted by molar-refractivity contribution is 9.11. The van der Waals surface area contributed by atoms with E-state index in [9.17, 15) is 4.79 Å². The zero-order valence-electron chi connectivity index (χ0n) is 11.6. The van der Waals surface area contributed by atoms with Crippen LogP contribution in [0.1, 0.15) is 21.5 Å². The van der Waals surface area contributed by atoms with Gasteiger partial charge in [-0.1, -0.05) is 24.0 Å². The zero-order valence-corrected chi connectivity index (χ0v) is 14.0. The number of nitrogens with two attached hydrogens (primary N) is 1. The van der Waals surface area contributed by atoms with Crippen LogP contribution in [0, 0.1) is 11.8 Å². The Balaban J connectivity index is 2.08. The van der Waals surface area contributed by atoms with Gasteiger partial charge in [-0.05, 0) is 39.7 Å². The summed E-state index contributed by atoms with van der Waals surface area (Å²) in [6.45, 7) is 0.889. The van der Waals surface area contributed by atoms with Crippen molar-refractivity contribution in [1.29, 1.82) is 0 Å². The molecule has 0 spiro atoms. The highest BCUT2D eigenvalue weighted by Gasteiger charge is 2.13. The van der Waals surface area contributed by atoms with Crippen LogP contribution in [0.3, 0.4) is 0 Å². The van der Waals surface area contributed by atoms with Crippen LogP contribution in [0.25, 0.3) is 0 Å². The average molecular weight is 363 g/mol. The van der Waals surface area contributed by atoms with Gasteiger partial charge in [0.1, 0.15) is 0 Å². The molecular formula is C16H15BrN2OS. The van der Waals surface area contributed by atoms with Crippen molar-refractivity contribution in [2.45, 2.75) is 6.54 Å². The van der Waals surface area contributed by atoms with Crippen molar-refractivity contribution < 1.29 is 4.79 Å². The summed E-state index contributed by atoms with van der Waals surface area (Å²) in [5.74, 6) is 5.84. The summed E-state index contributed by atoms with van der Waals surface area (Å²) in [5.41, 5.74) is 8.03. The number of thiophene rings is 1. The molecule has 1 heterocycles. The average Bonchev–Trinajstić information content (AvgIpc) is 2.91. The van der Waals surface area contributed by atoms with Crippen molar-refractivity contribution in [2.24, 2.45) is 5.73 Å². The van der Waals surface area contributed by atoms with Gasteiger partial charge in [0.25, 0.3) is 5.91 Å². The Morgan fingerprint density at radius 2 is 2.24 bits per heavy atom. The summed E-state index contributed by atoms with van der Waals surface area (Å²) in [4.78, 5) is 14.0. The van der Waals surface area contributed by atoms with Crippen LogP contribution in [-0.2, 0) is 6.54 Å². The Labute approximate surface area is 136 Å². The molecule has 0 bridgehead atoms. The van der Waals surface area contributed by atoms with Gasteiger partial charge in [-0.25, -0.2) is 0 Å². The van der Waals surface area contributed by atoms with E-state index in [-0.39, 0.29) is 5.91 Å². The van der Waals surface area contributed by atoms with Gasteiger partial charge in [0.2, 0.25) is 0 Å². The first-order chi connectivity index (χ1) is 10.1. The van der Waals surface area contributed by atoms with Crippen molar-refractivity contribution in [3.8, 4) is 11.8 Å². The fourth-order valence-corrected chi connectivity index (χ4v) is 3.02. The maximum atomic E-state index is 12.3. The highest BCUT2D eigenvalue weighted by atomic mass is 79.9. The molecule has 1 aromatic carbocycles. The maximum Gasteiger partial charge on any atom is 0.254 e. The van der Waals surface area contributed by atoms with Crippen LogP contribution in [-0.4, -0.2) is 24.4 Å². The van der Waals surface area contributed by atoms with E-state index < -0.39 is 0 Å². The van der Waals surface area contributed by atoms with E-state index in [0.29, 0.717) is 18.7 Å². The summed E-state index contributed by atoms with van der Waals surface area (Å²) >= 11 is 4.88. The topological polar surface area (TPSA) is 46.3 Å². The Morgan fingerprint density at radius 3 is 2.90 bits per heavy atom. The first-order valence-corrected chi connectivity index (χ1v) is 8.05. The zero-order chi connectivity index (χ0) is 15.2. The molecule has 1 aromatic heterocycles. The van der Waals surface area contributed by atoms with Crippen molar-refractivity contribution in [3.63, 3.8) is 0 Å². The Kier molecular flexibility index (Phi) is 5.57. The summed E-state index contributed by atoms with van der Waals surface area (Å²) in [5, 5.41) is 1.85. The normalized spacial score (nSPS) is 9.86. The SMILES string of the molecule is CN(Cc1cccc(C#CCN)c1)C(=O)c1csc(Br)c1. The quantitative estimate of drug-likeness (QED) is 0.852. The van der Waals surface area contributed by atoms with E-state index in [0.717, 1.165) is 14.9 Å². The van der Waals surface area contributed by atoms with Crippen LogP contribution < -0.4 is 5.73 Å². The van der Waals surface area contributed by atoms with Gasteiger partial charge in [0.15, 0.2) is 0 Å². The fourth-order valence-electron chi connectivity index (χ4n) is 1.89. The van der Waals surface area contributed by atoms with Gasteiger partial charge in [0, 0.05) is 24.5 Å². The first kappa shape index (κ1) is 15.8. The van der Waals surface area contributed by atoms with Gasteiger partial charge in [-0.15, -0.1) is 11.3 Å². The standard InChI is InChI=1S/C16H15BrN2OS/c1-19(16(20)14-9-15(17)21-11-14)10-13-5-2-4-12(8-13)6-3-7-18/h2,4-5,8-9,11H,7,10,18H2,1H3. The molecule has 2 N–H and O–H groups in total. The van der Waals surface area contributed by atoms with Gasteiger partial charge in [0.05, 0.1) is 15.9 Å². The molecule has 2 rings (SSSR count). The number of carbonyl (C=O) groups excluding carboxylic acids is 1. The first-order valence-electron chi connectivity index (χ1n) is 6.37. The molecule has 21 heavy (non-hydrogen) atoms. The Morgan fingerprint density at radius 1 is 1.43 bits per heavy atom. The third-order valence-corrected chi connectivity index (χ3v) is 4.35. The second-order valence-electron chi connectivity index (χ2n) is 4.51. The van der Waals surface area contributed by atoms with Crippen LogP contribution >= 0.6 is 27.3 Å². The van der Waals surface area contributed by atoms with Gasteiger partial charge >= 0.3 is 0 Å². The number of hydrogen-bond acceptors (Lipinski definition) is 3. The number of rotatable bonds is 3. The number of nitrogens with zero attached hydrogens (tertiary/aromatic N) is 1. The summed E-state index contributed by atoms with van der Waals surface area (Å²) < 4.78 is 0.957. The number of halogens is 1. The van der Waals surface area contributed by atoms with Crippen molar-refractivity contribution in [1.82, 2.24) is 4.90 Å². The van der Waals surface area contributed by atoms with E-state index in [1.54, 1.807) is 11.9 Å². The van der Waals surface area contributed by atoms with E-state index in [2.05, 4.69) is 27.8 Å². The van der Waals surface area contributed by atoms with Crippen LogP contribution in [0.5, 0.6) is 0 Å². The van der Waals surface area contributed by atoms with Crippen molar-refractivity contribution >= 4 is 33.2 Å². The molecule has 1 amide bonds. The molecule has 0 saturated heterocycles. The lowest BCUT2D eigenvalue weighted by Crippen LogP contribution is -2.25. The molecule has 108 valence electrons. The highest BCUT2D eigenvalue weighted by Crippen LogP contribution is 2.22. The second-order valence-corrected chi connectivity index (χ2v) is 6.80. The lowest BCUT2D eigenvalue weighted by Gasteiger charge is -2.16. The minimum Gasteiger partial charge on any atom is -0.337 e. The molecule has 0 unspecified atom stereocenters. The van der Waals surface area contributed by atoms with E-state index in [4.69, 9.17) is 5.73 Å². The minimum absolute atomic E-state index is 0.00963. The Hall–Kier alpha value is -1.61. The molecule has 0 aliphatic carbocycles. The van der Waals surface area contributed by atoms with Gasteiger partial charge < -0.3 is 10.6 Å². The number of benzene rings is 1. The summed E-state index contributed by atoms with van der Waals surface area (Å²) in [7, 11) is 1.80. The molecule has 0 radical (unpaired) electrons. The maximum absolute atomic E-state index is 12.3. The van der Waals surface area contributed by atoms with Crippen molar-refractivity contribution in [2.75, 3.05) is 13.6 Å². The van der Waals surface area contributed by atoms with Gasteiger partial charge in [-0.2, -0.15) is 0 Å². The molecule has 0 fully saturated rings.